The average Bonchev–Trinajstić information content (AvgIpc) is 2.69. The van der Waals surface area contributed by atoms with Crippen LogP contribution in [0, 0.1) is 0 Å². The molecule has 1 aliphatic rings. The van der Waals surface area contributed by atoms with Crippen LogP contribution in [-0.4, -0.2) is 23.2 Å². The molecular weight excluding hydrogens is 278 g/mol. The average molecular weight is 290 g/mol. The smallest absolute Gasteiger partial charge is 0.281 e. The number of hydrogen-bond donors (Lipinski definition) is 1. The first-order valence-electron chi connectivity index (χ1n) is 6.05. The number of hydrogen-bond acceptors (Lipinski definition) is 3. The molecule has 1 N–H and O–H groups in total. The summed E-state index contributed by atoms with van der Waals surface area (Å²) in [6, 6.07) is 13.6. The Morgan fingerprint density at radius 3 is 2.45 bits per heavy atom. The highest BCUT2D eigenvalue weighted by molar-refractivity contribution is 6.30. The monoisotopic (exact) mass is 289 g/mol. The van der Waals surface area contributed by atoms with E-state index in [-0.39, 0.29) is 5.91 Å². The summed E-state index contributed by atoms with van der Waals surface area (Å²) in [4.78, 5) is 17.4. The van der Waals surface area contributed by atoms with Crippen molar-refractivity contribution in [3.05, 3.63) is 70.2 Å². The predicted molar refractivity (Wildman–Crippen MR) is 74.1 cm³/mol. The highest BCUT2D eigenvalue weighted by Crippen LogP contribution is 2.42. The molecule has 1 heterocycles. The largest absolute Gasteiger partial charge is 0.361 e. The molecule has 0 fully saturated rings. The van der Waals surface area contributed by atoms with Crippen molar-refractivity contribution in [2.45, 2.75) is 5.72 Å². The molecule has 102 valence electrons. The van der Waals surface area contributed by atoms with Gasteiger partial charge in [-0.05, 0) is 18.2 Å². The summed E-state index contributed by atoms with van der Waals surface area (Å²) in [5.74, 6) is -0.374. The molecule has 2 aromatic carbocycles. The normalized spacial score (nSPS) is 21.1. The lowest BCUT2D eigenvalue weighted by molar-refractivity contribution is -0.223. The Bertz CT molecular complexity index is 671. The van der Waals surface area contributed by atoms with Crippen LogP contribution in [0.15, 0.2) is 48.5 Å². The fourth-order valence-electron chi connectivity index (χ4n) is 2.51. The van der Waals surface area contributed by atoms with E-state index in [0.717, 1.165) is 5.06 Å². The molecule has 1 unspecified atom stereocenters. The van der Waals surface area contributed by atoms with Gasteiger partial charge in [0.25, 0.3) is 5.91 Å². The summed E-state index contributed by atoms with van der Waals surface area (Å²) in [7, 11) is 1.35. The second-order valence-electron chi connectivity index (χ2n) is 4.51. The molecule has 1 aliphatic heterocycles. The van der Waals surface area contributed by atoms with E-state index in [9.17, 15) is 9.90 Å². The maximum atomic E-state index is 12.3. The third-order valence-electron chi connectivity index (χ3n) is 3.44. The van der Waals surface area contributed by atoms with Crippen LogP contribution in [0.5, 0.6) is 0 Å². The molecule has 5 heteroatoms. The summed E-state index contributed by atoms with van der Waals surface area (Å²) in [6.45, 7) is 0. The molecule has 2 aromatic rings. The lowest BCUT2D eigenvalue weighted by atomic mass is 9.94. The Morgan fingerprint density at radius 2 is 1.80 bits per heavy atom. The summed E-state index contributed by atoms with van der Waals surface area (Å²) < 4.78 is 0. The third kappa shape index (κ3) is 1.66. The molecule has 3 rings (SSSR count). The predicted octanol–water partition coefficient (Wildman–Crippen LogP) is 2.55. The van der Waals surface area contributed by atoms with Gasteiger partial charge in [-0.3, -0.25) is 9.63 Å². The molecule has 0 bridgehead atoms. The van der Waals surface area contributed by atoms with E-state index in [0.29, 0.717) is 21.7 Å². The van der Waals surface area contributed by atoms with Crippen LogP contribution in [0.1, 0.15) is 21.5 Å². The van der Waals surface area contributed by atoms with Crippen LogP contribution in [0.2, 0.25) is 5.02 Å². The Morgan fingerprint density at radius 1 is 1.15 bits per heavy atom. The fraction of sp³-hybridized carbons (Fsp3) is 0.133. The minimum Gasteiger partial charge on any atom is -0.361 e. The zero-order valence-corrected chi connectivity index (χ0v) is 11.5. The van der Waals surface area contributed by atoms with E-state index in [1.807, 2.05) is 0 Å². The zero-order valence-electron chi connectivity index (χ0n) is 10.7. The van der Waals surface area contributed by atoms with Crippen molar-refractivity contribution in [3.63, 3.8) is 0 Å². The van der Waals surface area contributed by atoms with Crippen LogP contribution in [-0.2, 0) is 10.6 Å². The number of nitrogens with zero attached hydrogens (tertiary/aromatic N) is 1. The lowest BCUT2D eigenvalue weighted by Gasteiger charge is -2.32. The molecule has 4 nitrogen and oxygen atoms in total. The number of hydroxylamine groups is 2. The Balaban J connectivity index is 2.24. The van der Waals surface area contributed by atoms with Gasteiger partial charge in [-0.25, -0.2) is 0 Å². The van der Waals surface area contributed by atoms with Crippen LogP contribution in [0.3, 0.4) is 0 Å². The number of carbonyl (C=O) groups excluding carboxylic acids is 1. The summed E-state index contributed by atoms with van der Waals surface area (Å²) in [5, 5.41) is 12.6. The molecule has 1 amide bonds. The van der Waals surface area contributed by atoms with Crippen molar-refractivity contribution in [2.24, 2.45) is 0 Å². The van der Waals surface area contributed by atoms with Gasteiger partial charge in [0.05, 0.1) is 12.7 Å². The fourth-order valence-corrected chi connectivity index (χ4v) is 2.64. The topological polar surface area (TPSA) is 49.8 Å². The Kier molecular flexibility index (Phi) is 3.01. The van der Waals surface area contributed by atoms with Crippen molar-refractivity contribution in [1.29, 1.82) is 0 Å². The van der Waals surface area contributed by atoms with Crippen LogP contribution >= 0.6 is 11.6 Å². The first-order valence-corrected chi connectivity index (χ1v) is 6.43. The highest BCUT2D eigenvalue weighted by atomic mass is 35.5. The van der Waals surface area contributed by atoms with Crippen molar-refractivity contribution in [1.82, 2.24) is 5.06 Å². The number of rotatable bonds is 2. The molecule has 0 spiro atoms. The van der Waals surface area contributed by atoms with Gasteiger partial charge in [-0.15, -0.1) is 0 Å². The second kappa shape index (κ2) is 4.59. The van der Waals surface area contributed by atoms with Crippen LogP contribution in [0.25, 0.3) is 0 Å². The van der Waals surface area contributed by atoms with E-state index in [4.69, 9.17) is 16.4 Å². The van der Waals surface area contributed by atoms with Crippen molar-refractivity contribution < 1.29 is 14.7 Å². The van der Waals surface area contributed by atoms with Gasteiger partial charge in [0, 0.05) is 16.1 Å². The Hall–Kier alpha value is -1.88. The van der Waals surface area contributed by atoms with E-state index in [1.165, 1.54) is 7.11 Å². The van der Waals surface area contributed by atoms with Gasteiger partial charge in [0.2, 0.25) is 5.72 Å². The van der Waals surface area contributed by atoms with Gasteiger partial charge in [-0.1, -0.05) is 41.9 Å². The third-order valence-corrected chi connectivity index (χ3v) is 3.69. The highest BCUT2D eigenvalue weighted by Gasteiger charge is 2.50. The molecule has 0 radical (unpaired) electrons. The van der Waals surface area contributed by atoms with Gasteiger partial charge < -0.3 is 5.11 Å². The number of halogens is 1. The van der Waals surface area contributed by atoms with E-state index >= 15 is 0 Å². The number of fused-ring (bicyclic) bond motifs is 1. The van der Waals surface area contributed by atoms with Gasteiger partial charge in [-0.2, -0.15) is 5.06 Å². The standard InChI is InChI=1S/C15H12ClNO3/c1-20-17-14(18)12-4-2-3-5-13(12)15(17,19)10-6-8-11(16)9-7-10/h2-9,19H,1H3. The minimum atomic E-state index is -1.65. The molecule has 0 aromatic heterocycles. The SMILES string of the molecule is CON1C(=O)c2ccccc2C1(O)c1ccc(Cl)cc1. The quantitative estimate of drug-likeness (QED) is 0.924. The van der Waals surface area contributed by atoms with Crippen molar-refractivity contribution in [3.8, 4) is 0 Å². The van der Waals surface area contributed by atoms with E-state index < -0.39 is 5.72 Å². The number of carbonyl (C=O) groups is 1. The molecule has 0 saturated heterocycles. The minimum absolute atomic E-state index is 0.374. The Labute approximate surface area is 121 Å². The van der Waals surface area contributed by atoms with Gasteiger partial charge in [0.15, 0.2) is 0 Å². The summed E-state index contributed by atoms with van der Waals surface area (Å²) in [6.07, 6.45) is 0. The van der Waals surface area contributed by atoms with E-state index in [2.05, 4.69) is 0 Å². The maximum Gasteiger partial charge on any atom is 0.281 e. The summed E-state index contributed by atoms with van der Waals surface area (Å²) in [5.41, 5.74) is -0.212. The first-order chi connectivity index (χ1) is 9.59. The lowest BCUT2D eigenvalue weighted by Crippen LogP contribution is -2.43. The molecule has 0 aliphatic carbocycles. The molecule has 0 saturated carbocycles. The van der Waals surface area contributed by atoms with Crippen molar-refractivity contribution in [2.75, 3.05) is 7.11 Å². The molecule has 20 heavy (non-hydrogen) atoms. The number of aliphatic hydroxyl groups is 1. The number of amides is 1. The van der Waals surface area contributed by atoms with Crippen LogP contribution in [0.4, 0.5) is 0 Å². The first kappa shape index (κ1) is 13.1. The van der Waals surface area contributed by atoms with Crippen molar-refractivity contribution >= 4 is 17.5 Å². The van der Waals surface area contributed by atoms with Crippen LogP contribution < -0.4 is 0 Å². The van der Waals surface area contributed by atoms with Gasteiger partial charge in [0.1, 0.15) is 0 Å². The molecular formula is C15H12ClNO3. The summed E-state index contributed by atoms with van der Waals surface area (Å²) >= 11 is 5.87. The second-order valence-corrected chi connectivity index (χ2v) is 4.94. The maximum absolute atomic E-state index is 12.3. The number of benzene rings is 2. The van der Waals surface area contributed by atoms with E-state index in [1.54, 1.807) is 48.5 Å². The van der Waals surface area contributed by atoms with Gasteiger partial charge >= 0.3 is 0 Å². The molecule has 1 atom stereocenters. The zero-order chi connectivity index (χ0) is 14.3.